The molecule has 0 radical (unpaired) electrons. The predicted molar refractivity (Wildman–Crippen MR) is 92.2 cm³/mol. The number of pyridine rings is 1. The van der Waals surface area contributed by atoms with E-state index in [1.165, 1.54) is 35.8 Å². The van der Waals surface area contributed by atoms with Crippen LogP contribution in [-0.2, 0) is 11.2 Å². The molecule has 0 spiro atoms. The Morgan fingerprint density at radius 1 is 1.22 bits per heavy atom. The predicted octanol–water partition coefficient (Wildman–Crippen LogP) is 3.52. The van der Waals surface area contributed by atoms with Crippen LogP contribution in [0.4, 0.5) is 5.82 Å². The lowest BCUT2D eigenvalue weighted by atomic mass is 9.89. The van der Waals surface area contributed by atoms with Crippen molar-refractivity contribution in [3.05, 3.63) is 35.4 Å². The summed E-state index contributed by atoms with van der Waals surface area (Å²) in [4.78, 5) is 17.3. The summed E-state index contributed by atoms with van der Waals surface area (Å²) < 4.78 is 0. The fraction of sp³-hybridized carbons (Fsp3) is 0.474. The molecule has 0 unspecified atom stereocenters. The van der Waals surface area contributed by atoms with E-state index in [1.807, 2.05) is 5.01 Å². The first-order valence-electron chi connectivity index (χ1n) is 8.69. The van der Waals surface area contributed by atoms with Gasteiger partial charge in [0.1, 0.15) is 0 Å². The zero-order chi connectivity index (χ0) is 15.8. The number of aromatic nitrogens is 1. The summed E-state index contributed by atoms with van der Waals surface area (Å²) in [5, 5.41) is 3.13. The van der Waals surface area contributed by atoms with Gasteiger partial charge in [0, 0.05) is 17.8 Å². The van der Waals surface area contributed by atoms with Gasteiger partial charge in [-0.15, -0.1) is 0 Å². The molecule has 4 nitrogen and oxygen atoms in total. The number of rotatable bonds is 2. The first-order valence-corrected chi connectivity index (χ1v) is 8.69. The van der Waals surface area contributed by atoms with Gasteiger partial charge in [-0.1, -0.05) is 31.4 Å². The van der Waals surface area contributed by atoms with E-state index in [4.69, 9.17) is 4.98 Å². The maximum atomic E-state index is 12.5. The minimum Gasteiger partial charge on any atom is -0.273 e. The fourth-order valence-electron chi connectivity index (χ4n) is 3.76. The first kappa shape index (κ1) is 14.5. The summed E-state index contributed by atoms with van der Waals surface area (Å²) in [7, 11) is 0. The molecule has 23 heavy (non-hydrogen) atoms. The molecule has 0 bridgehead atoms. The highest BCUT2D eigenvalue weighted by molar-refractivity contribution is 5.85. The second-order valence-electron chi connectivity index (χ2n) is 6.88. The van der Waals surface area contributed by atoms with Crippen LogP contribution < -0.4 is 10.4 Å². The monoisotopic (exact) mass is 309 g/mol. The molecule has 1 aromatic heterocycles. The van der Waals surface area contributed by atoms with Crippen molar-refractivity contribution in [3.8, 4) is 0 Å². The van der Waals surface area contributed by atoms with Gasteiger partial charge in [-0.2, -0.15) is 0 Å². The van der Waals surface area contributed by atoms with Crippen LogP contribution in [0.25, 0.3) is 10.9 Å². The van der Waals surface area contributed by atoms with E-state index in [0.29, 0.717) is 0 Å². The quantitative estimate of drug-likeness (QED) is 0.923. The zero-order valence-corrected chi connectivity index (χ0v) is 13.6. The molecule has 0 saturated heterocycles. The molecule has 0 atom stereocenters. The summed E-state index contributed by atoms with van der Waals surface area (Å²) in [6.45, 7) is 2.90. The Balaban J connectivity index is 1.58. The van der Waals surface area contributed by atoms with Crippen molar-refractivity contribution in [3.63, 3.8) is 0 Å². The highest BCUT2D eigenvalue weighted by Crippen LogP contribution is 2.29. The molecule has 1 amide bonds. The van der Waals surface area contributed by atoms with E-state index in [0.717, 1.165) is 37.1 Å². The second-order valence-corrected chi connectivity index (χ2v) is 6.88. The van der Waals surface area contributed by atoms with Gasteiger partial charge >= 0.3 is 0 Å². The fourth-order valence-corrected chi connectivity index (χ4v) is 3.76. The van der Waals surface area contributed by atoms with Crippen molar-refractivity contribution in [2.75, 3.05) is 11.6 Å². The lowest BCUT2D eigenvalue weighted by molar-refractivity contribution is -0.126. The summed E-state index contributed by atoms with van der Waals surface area (Å²) in [5.74, 6) is 1.27. The minimum absolute atomic E-state index is 0.170. The molecule has 1 fully saturated rings. The lowest BCUT2D eigenvalue weighted by Crippen LogP contribution is -2.45. The van der Waals surface area contributed by atoms with Gasteiger partial charge in [0.25, 0.3) is 0 Å². The van der Waals surface area contributed by atoms with Crippen LogP contribution in [0.3, 0.4) is 0 Å². The van der Waals surface area contributed by atoms with Gasteiger partial charge < -0.3 is 0 Å². The second kappa shape index (κ2) is 5.84. The van der Waals surface area contributed by atoms with Crippen LogP contribution in [0.15, 0.2) is 24.3 Å². The van der Waals surface area contributed by atoms with Crippen LogP contribution in [0.5, 0.6) is 0 Å². The van der Waals surface area contributed by atoms with Crippen LogP contribution in [0.2, 0.25) is 0 Å². The Labute approximate surface area is 136 Å². The number of amides is 1. The lowest BCUT2D eigenvalue weighted by Gasteiger charge is -2.25. The van der Waals surface area contributed by atoms with Crippen molar-refractivity contribution in [2.24, 2.45) is 5.92 Å². The third-order valence-electron chi connectivity index (χ3n) is 5.11. The van der Waals surface area contributed by atoms with Crippen molar-refractivity contribution in [2.45, 2.75) is 45.4 Å². The number of hydrazine groups is 1. The summed E-state index contributed by atoms with van der Waals surface area (Å²) in [5.41, 5.74) is 6.55. The highest BCUT2D eigenvalue weighted by atomic mass is 16.2. The van der Waals surface area contributed by atoms with Crippen molar-refractivity contribution in [1.82, 2.24) is 10.4 Å². The SMILES string of the molecule is Cc1ccc2cc3c(nc2c1)N(NC(=O)C1CCCCC1)CC3. The molecule has 2 aliphatic rings. The number of benzene rings is 1. The average Bonchev–Trinajstić information content (AvgIpc) is 2.95. The molecule has 1 saturated carbocycles. The molecule has 2 heterocycles. The maximum Gasteiger partial charge on any atom is 0.241 e. The molecule has 2 aromatic rings. The van der Waals surface area contributed by atoms with Crippen LogP contribution in [0, 0.1) is 12.8 Å². The Hall–Kier alpha value is -2.10. The molecule has 1 N–H and O–H groups in total. The van der Waals surface area contributed by atoms with Crippen molar-refractivity contribution >= 4 is 22.6 Å². The number of hydrogen-bond acceptors (Lipinski definition) is 3. The highest BCUT2D eigenvalue weighted by Gasteiger charge is 2.27. The van der Waals surface area contributed by atoms with Gasteiger partial charge in [-0.3, -0.25) is 15.2 Å². The van der Waals surface area contributed by atoms with E-state index in [-0.39, 0.29) is 11.8 Å². The largest absolute Gasteiger partial charge is 0.273 e. The molecule has 4 heteroatoms. The van der Waals surface area contributed by atoms with Gasteiger partial charge in [-0.05, 0) is 49.4 Å². The van der Waals surface area contributed by atoms with Gasteiger partial charge in [0.2, 0.25) is 5.91 Å². The third kappa shape index (κ3) is 2.78. The van der Waals surface area contributed by atoms with E-state index in [1.54, 1.807) is 0 Å². The average molecular weight is 309 g/mol. The molecule has 1 aromatic carbocycles. The van der Waals surface area contributed by atoms with E-state index in [9.17, 15) is 4.79 Å². The van der Waals surface area contributed by atoms with Crippen LogP contribution in [-0.4, -0.2) is 17.4 Å². The number of carbonyl (C=O) groups is 1. The number of nitrogens with one attached hydrogen (secondary N) is 1. The number of nitrogens with zero attached hydrogens (tertiary/aromatic N) is 2. The molecular formula is C19H23N3O. The maximum absolute atomic E-state index is 12.5. The topological polar surface area (TPSA) is 45.2 Å². The zero-order valence-electron chi connectivity index (χ0n) is 13.6. The number of carbonyl (C=O) groups excluding carboxylic acids is 1. The Kier molecular flexibility index (Phi) is 3.68. The number of anilines is 1. The Morgan fingerprint density at radius 2 is 2.04 bits per heavy atom. The third-order valence-corrected chi connectivity index (χ3v) is 5.11. The Bertz CT molecular complexity index is 750. The standard InChI is InChI=1S/C19H23N3O/c1-13-7-8-15-12-16-9-10-22(18(16)20-17(15)11-13)21-19(23)14-5-3-2-4-6-14/h7-8,11-12,14H,2-6,9-10H2,1H3,(H,21,23). The van der Waals surface area contributed by atoms with E-state index >= 15 is 0 Å². The molecular weight excluding hydrogens is 286 g/mol. The summed E-state index contributed by atoms with van der Waals surface area (Å²) in [6.07, 6.45) is 6.61. The van der Waals surface area contributed by atoms with Crippen LogP contribution in [0.1, 0.15) is 43.2 Å². The molecule has 120 valence electrons. The number of hydrogen-bond donors (Lipinski definition) is 1. The molecule has 4 rings (SSSR count). The van der Waals surface area contributed by atoms with Crippen LogP contribution >= 0.6 is 0 Å². The molecule has 1 aliphatic heterocycles. The Morgan fingerprint density at radius 3 is 2.87 bits per heavy atom. The summed E-state index contributed by atoms with van der Waals surface area (Å²) >= 11 is 0. The van der Waals surface area contributed by atoms with E-state index in [2.05, 4.69) is 36.6 Å². The first-order chi connectivity index (χ1) is 11.2. The van der Waals surface area contributed by atoms with E-state index < -0.39 is 0 Å². The number of aryl methyl sites for hydroxylation is 1. The van der Waals surface area contributed by atoms with Crippen molar-refractivity contribution < 1.29 is 4.79 Å². The van der Waals surface area contributed by atoms with Gasteiger partial charge in [-0.25, -0.2) is 4.98 Å². The number of fused-ring (bicyclic) bond motifs is 2. The normalized spacial score (nSPS) is 18.2. The van der Waals surface area contributed by atoms with Gasteiger partial charge in [0.15, 0.2) is 5.82 Å². The van der Waals surface area contributed by atoms with Gasteiger partial charge in [0.05, 0.1) is 5.52 Å². The summed E-state index contributed by atoms with van der Waals surface area (Å²) in [6, 6.07) is 8.56. The smallest absolute Gasteiger partial charge is 0.241 e. The van der Waals surface area contributed by atoms with Crippen molar-refractivity contribution in [1.29, 1.82) is 0 Å². The molecule has 1 aliphatic carbocycles. The minimum atomic E-state index is 0.170.